The molecule has 3 atom stereocenters. The van der Waals surface area contributed by atoms with E-state index in [9.17, 15) is 15.0 Å². The Hall–Kier alpha value is -0.610. The molecule has 1 rings (SSSR count). The zero-order valence-electron chi connectivity index (χ0n) is 9.89. The molecule has 16 heavy (non-hydrogen) atoms. The smallest absolute Gasteiger partial charge is 0.337 e. The third-order valence-electron chi connectivity index (χ3n) is 3.02. The highest BCUT2D eigenvalue weighted by atomic mass is 16.6. The summed E-state index contributed by atoms with van der Waals surface area (Å²) >= 11 is 0. The van der Waals surface area contributed by atoms with E-state index in [1.54, 1.807) is 0 Å². The van der Waals surface area contributed by atoms with Crippen molar-refractivity contribution >= 4 is 5.97 Å². The summed E-state index contributed by atoms with van der Waals surface area (Å²) < 4.78 is 5.03. The molecule has 0 spiro atoms. The molecule has 0 aliphatic carbocycles. The van der Waals surface area contributed by atoms with E-state index < -0.39 is 18.2 Å². The van der Waals surface area contributed by atoms with Crippen molar-refractivity contribution in [3.8, 4) is 0 Å². The Balaban J connectivity index is 2.16. The Labute approximate surface area is 96.6 Å². The molecule has 0 aromatic heterocycles. The summed E-state index contributed by atoms with van der Waals surface area (Å²) in [5.74, 6) is -0.683. The van der Waals surface area contributed by atoms with Crippen LogP contribution in [0.25, 0.3) is 0 Å². The van der Waals surface area contributed by atoms with Crippen LogP contribution in [0.4, 0.5) is 0 Å². The van der Waals surface area contributed by atoms with Gasteiger partial charge in [-0.3, -0.25) is 0 Å². The number of aliphatic hydroxyl groups excluding tert-OH is 2. The number of unbranched alkanes of at least 4 members (excludes halogenated alkanes) is 4. The van der Waals surface area contributed by atoms with E-state index in [1.165, 1.54) is 19.3 Å². The summed E-state index contributed by atoms with van der Waals surface area (Å²) in [7, 11) is 0. The average Bonchev–Trinajstić information content (AvgIpc) is 2.25. The largest absolute Gasteiger partial charge is 0.460 e. The number of rotatable bonds is 6. The van der Waals surface area contributed by atoms with Crippen molar-refractivity contribution in [2.75, 3.05) is 0 Å². The van der Waals surface area contributed by atoms with Gasteiger partial charge < -0.3 is 14.9 Å². The van der Waals surface area contributed by atoms with Gasteiger partial charge in [0.1, 0.15) is 6.10 Å². The predicted molar refractivity (Wildman–Crippen MR) is 59.9 cm³/mol. The second-order valence-electron chi connectivity index (χ2n) is 4.51. The van der Waals surface area contributed by atoms with Gasteiger partial charge in [0, 0.05) is 6.42 Å². The van der Waals surface area contributed by atoms with Gasteiger partial charge in [0.05, 0.1) is 6.10 Å². The van der Waals surface area contributed by atoms with Crippen LogP contribution in [-0.2, 0) is 9.53 Å². The minimum atomic E-state index is -1.35. The number of esters is 1. The Bertz CT molecular complexity index is 217. The molecule has 0 unspecified atom stereocenters. The minimum Gasteiger partial charge on any atom is -0.460 e. The molecule has 0 radical (unpaired) electrons. The van der Waals surface area contributed by atoms with Crippen LogP contribution in [0, 0.1) is 0 Å². The first kappa shape index (κ1) is 13.5. The van der Waals surface area contributed by atoms with E-state index in [1.807, 2.05) is 0 Å². The van der Waals surface area contributed by atoms with E-state index in [-0.39, 0.29) is 6.10 Å². The van der Waals surface area contributed by atoms with E-state index in [0.717, 1.165) is 19.3 Å². The lowest BCUT2D eigenvalue weighted by molar-refractivity contribution is -0.179. The lowest BCUT2D eigenvalue weighted by Crippen LogP contribution is -2.45. The Morgan fingerprint density at radius 1 is 1.25 bits per heavy atom. The fourth-order valence-corrected chi connectivity index (χ4v) is 1.99. The van der Waals surface area contributed by atoms with Crippen LogP contribution in [0.3, 0.4) is 0 Å². The van der Waals surface area contributed by atoms with Crippen molar-refractivity contribution in [1.82, 2.24) is 0 Å². The Kier molecular flexibility index (Phi) is 5.77. The maximum atomic E-state index is 11.1. The SMILES string of the molecule is CCCCCCC[C@H]1C[C@H](O)[C@H](O)C(=O)O1. The number of carbonyl (C=O) groups is 1. The van der Waals surface area contributed by atoms with Crippen LogP contribution in [0.15, 0.2) is 0 Å². The lowest BCUT2D eigenvalue weighted by atomic mass is 9.98. The van der Waals surface area contributed by atoms with Gasteiger partial charge in [-0.25, -0.2) is 4.79 Å². The summed E-state index contributed by atoms with van der Waals surface area (Å²) in [5, 5.41) is 18.6. The fraction of sp³-hybridized carbons (Fsp3) is 0.917. The lowest BCUT2D eigenvalue weighted by Gasteiger charge is -2.29. The van der Waals surface area contributed by atoms with E-state index in [4.69, 9.17) is 4.74 Å². The van der Waals surface area contributed by atoms with Crippen LogP contribution < -0.4 is 0 Å². The summed E-state index contributed by atoms with van der Waals surface area (Å²) in [6.45, 7) is 2.17. The summed E-state index contributed by atoms with van der Waals surface area (Å²) in [6, 6.07) is 0. The highest BCUT2D eigenvalue weighted by molar-refractivity contribution is 5.76. The third-order valence-corrected chi connectivity index (χ3v) is 3.02. The first-order chi connectivity index (χ1) is 7.65. The molecule has 0 aromatic rings. The average molecular weight is 230 g/mol. The molecule has 94 valence electrons. The van der Waals surface area contributed by atoms with Crippen LogP contribution in [0.5, 0.6) is 0 Å². The molecular weight excluding hydrogens is 208 g/mol. The van der Waals surface area contributed by atoms with Crippen LogP contribution in [0.2, 0.25) is 0 Å². The van der Waals surface area contributed by atoms with Gasteiger partial charge in [0.25, 0.3) is 0 Å². The topological polar surface area (TPSA) is 66.8 Å². The second kappa shape index (κ2) is 6.86. The van der Waals surface area contributed by atoms with Crippen LogP contribution in [-0.4, -0.2) is 34.5 Å². The molecule has 0 amide bonds. The number of cyclic esters (lactones) is 1. The molecule has 4 nitrogen and oxygen atoms in total. The molecule has 1 aliphatic heterocycles. The van der Waals surface area contributed by atoms with Crippen molar-refractivity contribution in [3.63, 3.8) is 0 Å². The van der Waals surface area contributed by atoms with Crippen molar-refractivity contribution in [2.24, 2.45) is 0 Å². The number of carbonyl (C=O) groups excluding carboxylic acids is 1. The maximum absolute atomic E-state index is 11.1. The molecule has 1 heterocycles. The standard InChI is InChI=1S/C12H22O4/c1-2-3-4-5-6-7-9-8-10(13)11(14)12(15)16-9/h9-11,13-14H,2-8H2,1H3/t9-,10-,11-/m0/s1. The van der Waals surface area contributed by atoms with Crippen LogP contribution >= 0.6 is 0 Å². The van der Waals surface area contributed by atoms with Gasteiger partial charge in [-0.1, -0.05) is 32.6 Å². The Morgan fingerprint density at radius 3 is 2.56 bits per heavy atom. The first-order valence-electron chi connectivity index (χ1n) is 6.21. The molecule has 0 saturated carbocycles. The molecular formula is C12H22O4. The van der Waals surface area contributed by atoms with E-state index >= 15 is 0 Å². The molecule has 0 bridgehead atoms. The van der Waals surface area contributed by atoms with Gasteiger partial charge in [-0.05, 0) is 12.8 Å². The van der Waals surface area contributed by atoms with Gasteiger partial charge >= 0.3 is 5.97 Å². The molecule has 1 saturated heterocycles. The predicted octanol–water partition coefficient (Wildman–Crippen LogP) is 1.38. The fourth-order valence-electron chi connectivity index (χ4n) is 1.99. The molecule has 1 fully saturated rings. The highest BCUT2D eigenvalue weighted by Gasteiger charge is 2.35. The normalized spacial score (nSPS) is 30.2. The monoisotopic (exact) mass is 230 g/mol. The number of hydrogen-bond donors (Lipinski definition) is 2. The third kappa shape index (κ3) is 4.10. The maximum Gasteiger partial charge on any atom is 0.337 e. The van der Waals surface area contributed by atoms with Crippen molar-refractivity contribution in [1.29, 1.82) is 0 Å². The molecule has 1 aliphatic rings. The summed E-state index contributed by atoms with van der Waals surface area (Å²) in [5.41, 5.74) is 0. The first-order valence-corrected chi connectivity index (χ1v) is 6.21. The van der Waals surface area contributed by atoms with Crippen LogP contribution in [0.1, 0.15) is 51.9 Å². The molecule has 0 aromatic carbocycles. The van der Waals surface area contributed by atoms with Crippen molar-refractivity contribution in [2.45, 2.75) is 70.2 Å². The van der Waals surface area contributed by atoms with E-state index in [2.05, 4.69) is 6.92 Å². The van der Waals surface area contributed by atoms with Crippen molar-refractivity contribution < 1.29 is 19.7 Å². The van der Waals surface area contributed by atoms with Gasteiger partial charge in [-0.15, -0.1) is 0 Å². The van der Waals surface area contributed by atoms with Gasteiger partial charge in [0.15, 0.2) is 6.10 Å². The molecule has 4 heteroatoms. The zero-order chi connectivity index (χ0) is 12.0. The number of ether oxygens (including phenoxy) is 1. The van der Waals surface area contributed by atoms with Gasteiger partial charge in [0.2, 0.25) is 0 Å². The number of hydrogen-bond acceptors (Lipinski definition) is 4. The summed E-state index contributed by atoms with van der Waals surface area (Å²) in [4.78, 5) is 11.1. The highest BCUT2D eigenvalue weighted by Crippen LogP contribution is 2.20. The van der Waals surface area contributed by atoms with Crippen molar-refractivity contribution in [3.05, 3.63) is 0 Å². The van der Waals surface area contributed by atoms with E-state index in [0.29, 0.717) is 6.42 Å². The van der Waals surface area contributed by atoms with Gasteiger partial charge in [-0.2, -0.15) is 0 Å². The summed E-state index contributed by atoms with van der Waals surface area (Å²) in [6.07, 6.45) is 4.45. The minimum absolute atomic E-state index is 0.215. The Morgan fingerprint density at radius 2 is 1.94 bits per heavy atom. The quantitative estimate of drug-likeness (QED) is 0.534. The zero-order valence-corrected chi connectivity index (χ0v) is 9.89. The molecule has 2 N–H and O–H groups in total. The second-order valence-corrected chi connectivity index (χ2v) is 4.51. The number of aliphatic hydroxyl groups is 2.